The number of amides is 2. The van der Waals surface area contributed by atoms with Gasteiger partial charge in [0.1, 0.15) is 17.9 Å². The van der Waals surface area contributed by atoms with Crippen molar-refractivity contribution in [2.45, 2.75) is 52.3 Å². The van der Waals surface area contributed by atoms with Gasteiger partial charge in [-0.15, -0.1) is 29.6 Å². The van der Waals surface area contributed by atoms with Gasteiger partial charge >= 0.3 is 12.4 Å². The molecule has 242 valence electrons. The van der Waals surface area contributed by atoms with Gasteiger partial charge in [0.25, 0.3) is 0 Å². The van der Waals surface area contributed by atoms with E-state index in [0.29, 0.717) is 22.7 Å². The normalized spacial score (nSPS) is 13.9. The molecule has 0 spiro atoms. The molecular weight excluding hydrogens is 632 g/mol. The second-order valence-electron chi connectivity index (χ2n) is 11.3. The van der Waals surface area contributed by atoms with Crippen LogP contribution in [0.4, 0.5) is 22.4 Å². The molecule has 0 saturated heterocycles. The van der Waals surface area contributed by atoms with E-state index in [0.717, 1.165) is 52.2 Å². The molecular formula is C34H30F4N6O2S. The number of ether oxygens (including phenoxy) is 1. The number of carbonyl (C=O) groups excluding carboxylic acids is 1. The number of urea groups is 1. The Hall–Kier alpha value is -5.04. The van der Waals surface area contributed by atoms with Crippen LogP contribution < -0.4 is 14.9 Å². The maximum atomic E-state index is 14.1. The minimum Gasteiger partial charge on any atom is -0.406 e. The summed E-state index contributed by atoms with van der Waals surface area (Å²) in [7, 11) is 0. The smallest absolute Gasteiger partial charge is 0.406 e. The molecule has 1 aliphatic carbocycles. The lowest BCUT2D eigenvalue weighted by Gasteiger charge is -2.15. The fourth-order valence-electron chi connectivity index (χ4n) is 5.54. The average Bonchev–Trinajstić information content (AvgIpc) is 3.78. The fraction of sp³-hybridized carbons (Fsp3) is 0.235. The molecule has 2 aromatic heterocycles. The average molecular weight is 663 g/mol. The van der Waals surface area contributed by atoms with Crippen LogP contribution >= 0.6 is 11.3 Å². The number of nitrogens with zero attached hydrogens (tertiary/aromatic N) is 5. The molecule has 1 N–H and O–H groups in total. The lowest BCUT2D eigenvalue weighted by Crippen LogP contribution is -2.24. The molecule has 47 heavy (non-hydrogen) atoms. The first-order chi connectivity index (χ1) is 22.4. The standard InChI is InChI=1S/C34H30F4N6O2S/c1-20(2)28-17-24(35)11-16-30(28)44-21(3)18-47-33(44)41-32(45)40-29-6-4-5-27(29)22-7-9-23(10-8-22)31-39-19-43(42-31)25-12-14-26(15-13-25)46-34(36,37)38/h7-20H,4-6H2,1-3H3,(H,40,45)/b41-33-. The highest BCUT2D eigenvalue weighted by molar-refractivity contribution is 7.07. The third-order valence-corrected chi connectivity index (χ3v) is 8.67. The Balaban J connectivity index is 1.19. The van der Waals surface area contributed by atoms with Crippen molar-refractivity contribution in [2.24, 2.45) is 4.99 Å². The quantitative estimate of drug-likeness (QED) is 0.177. The van der Waals surface area contributed by atoms with Gasteiger partial charge < -0.3 is 10.1 Å². The first-order valence-electron chi connectivity index (χ1n) is 14.9. The number of hydrogen-bond acceptors (Lipinski definition) is 5. The molecule has 0 bridgehead atoms. The van der Waals surface area contributed by atoms with Crippen LogP contribution in [0.1, 0.15) is 55.8 Å². The summed E-state index contributed by atoms with van der Waals surface area (Å²) >= 11 is 1.35. The van der Waals surface area contributed by atoms with Gasteiger partial charge in [-0.05, 0) is 91.3 Å². The molecule has 0 saturated carbocycles. The molecule has 2 heterocycles. The number of nitrogens with one attached hydrogen (secondary N) is 1. The van der Waals surface area contributed by atoms with Gasteiger partial charge in [-0.2, -0.15) is 4.99 Å². The summed E-state index contributed by atoms with van der Waals surface area (Å²) < 4.78 is 58.7. The van der Waals surface area contributed by atoms with E-state index in [9.17, 15) is 22.4 Å². The minimum atomic E-state index is -4.76. The van der Waals surface area contributed by atoms with Crippen molar-refractivity contribution < 1.29 is 27.1 Å². The van der Waals surface area contributed by atoms with Gasteiger partial charge in [0.2, 0.25) is 0 Å². The van der Waals surface area contributed by atoms with Crippen LogP contribution in [0.3, 0.4) is 0 Å². The van der Waals surface area contributed by atoms with Gasteiger partial charge in [-0.3, -0.25) is 4.57 Å². The molecule has 1 aliphatic rings. The third-order valence-electron chi connectivity index (χ3n) is 7.72. The summed E-state index contributed by atoms with van der Waals surface area (Å²) in [4.78, 5) is 22.4. The van der Waals surface area contributed by atoms with E-state index in [1.54, 1.807) is 6.07 Å². The first kappa shape index (κ1) is 31.9. The van der Waals surface area contributed by atoms with Crippen molar-refractivity contribution in [3.05, 3.63) is 112 Å². The fourth-order valence-corrected chi connectivity index (χ4v) is 6.40. The van der Waals surface area contributed by atoms with Crippen LogP contribution in [0.15, 0.2) is 89.1 Å². The zero-order chi connectivity index (χ0) is 33.3. The van der Waals surface area contributed by atoms with Gasteiger partial charge in [0.15, 0.2) is 10.6 Å². The Morgan fingerprint density at radius 1 is 1.02 bits per heavy atom. The summed E-state index contributed by atoms with van der Waals surface area (Å²) in [5, 5.41) is 9.39. The van der Waals surface area contributed by atoms with Crippen molar-refractivity contribution in [1.82, 2.24) is 24.6 Å². The number of rotatable bonds is 7. The van der Waals surface area contributed by atoms with Crippen LogP contribution in [0.5, 0.6) is 5.75 Å². The van der Waals surface area contributed by atoms with Crippen LogP contribution in [-0.2, 0) is 0 Å². The van der Waals surface area contributed by atoms with Crippen molar-refractivity contribution >= 4 is 22.9 Å². The van der Waals surface area contributed by atoms with Crippen LogP contribution in [0.2, 0.25) is 0 Å². The summed E-state index contributed by atoms with van der Waals surface area (Å²) in [6.45, 7) is 5.92. The number of carbonyl (C=O) groups is 1. The molecule has 0 fully saturated rings. The number of alkyl halides is 3. The zero-order valence-corrected chi connectivity index (χ0v) is 26.5. The molecule has 13 heteroatoms. The Kier molecular flexibility index (Phi) is 8.82. The van der Waals surface area contributed by atoms with Crippen molar-refractivity contribution in [1.29, 1.82) is 0 Å². The molecule has 0 aliphatic heterocycles. The Morgan fingerprint density at radius 3 is 2.45 bits per heavy atom. The SMILES string of the molecule is Cc1cs/c(=N\C(=O)NC2=C(c3ccc(-c4ncn(-c5ccc(OC(F)(F)F)cc5)n4)cc3)CCC2)n1-c1ccc(F)cc1C(C)C. The highest BCUT2D eigenvalue weighted by atomic mass is 32.1. The van der Waals surface area contributed by atoms with Gasteiger partial charge in [0.05, 0.1) is 11.4 Å². The maximum absolute atomic E-state index is 14.1. The largest absolute Gasteiger partial charge is 0.573 e. The summed E-state index contributed by atoms with van der Waals surface area (Å²) in [5.74, 6) is -0.117. The van der Waals surface area contributed by atoms with E-state index in [4.69, 9.17) is 0 Å². The second-order valence-corrected chi connectivity index (χ2v) is 12.2. The Morgan fingerprint density at radius 2 is 1.74 bits per heavy atom. The minimum absolute atomic E-state index is 0.0702. The van der Waals surface area contributed by atoms with Crippen molar-refractivity contribution in [2.75, 3.05) is 0 Å². The number of allylic oxidation sites excluding steroid dienone is 2. The molecule has 0 radical (unpaired) electrons. The Labute approximate surface area is 271 Å². The Bertz CT molecular complexity index is 2020. The molecule has 6 rings (SSSR count). The van der Waals surface area contributed by atoms with Crippen LogP contribution in [0.25, 0.3) is 28.3 Å². The number of benzene rings is 3. The van der Waals surface area contributed by atoms with E-state index in [1.807, 2.05) is 55.0 Å². The van der Waals surface area contributed by atoms with E-state index in [-0.39, 0.29) is 17.5 Å². The summed E-state index contributed by atoms with van der Waals surface area (Å²) in [6.07, 6.45) is -0.896. The summed E-state index contributed by atoms with van der Waals surface area (Å²) in [5.41, 5.74) is 6.58. The van der Waals surface area contributed by atoms with Crippen molar-refractivity contribution in [3.63, 3.8) is 0 Å². The molecule has 8 nitrogen and oxygen atoms in total. The van der Waals surface area contributed by atoms with E-state index < -0.39 is 12.4 Å². The number of thiazole rings is 1. The number of hydrogen-bond donors (Lipinski definition) is 1. The molecule has 2 amide bonds. The predicted molar refractivity (Wildman–Crippen MR) is 171 cm³/mol. The maximum Gasteiger partial charge on any atom is 0.573 e. The number of aryl methyl sites for hydroxylation is 1. The van der Waals surface area contributed by atoms with Crippen LogP contribution in [-0.4, -0.2) is 31.7 Å². The molecule has 3 aromatic carbocycles. The lowest BCUT2D eigenvalue weighted by atomic mass is 10.0. The summed E-state index contributed by atoms with van der Waals surface area (Å²) in [6, 6.07) is 17.2. The molecule has 0 unspecified atom stereocenters. The van der Waals surface area contributed by atoms with E-state index in [1.165, 1.54) is 58.7 Å². The predicted octanol–water partition coefficient (Wildman–Crippen LogP) is 8.46. The molecule has 5 aromatic rings. The van der Waals surface area contributed by atoms with E-state index in [2.05, 4.69) is 25.1 Å². The van der Waals surface area contributed by atoms with Gasteiger partial charge in [-0.25, -0.2) is 18.9 Å². The van der Waals surface area contributed by atoms with Gasteiger partial charge in [-0.1, -0.05) is 38.1 Å². The molecule has 0 atom stereocenters. The third kappa shape index (κ3) is 7.19. The van der Waals surface area contributed by atoms with Crippen LogP contribution in [0, 0.1) is 12.7 Å². The highest BCUT2D eigenvalue weighted by Gasteiger charge is 2.31. The van der Waals surface area contributed by atoms with E-state index >= 15 is 0 Å². The highest BCUT2D eigenvalue weighted by Crippen LogP contribution is 2.33. The van der Waals surface area contributed by atoms with Gasteiger partial charge in [0, 0.05) is 22.3 Å². The number of aromatic nitrogens is 4. The lowest BCUT2D eigenvalue weighted by molar-refractivity contribution is -0.274. The zero-order valence-electron chi connectivity index (χ0n) is 25.7. The van der Waals surface area contributed by atoms with Crippen molar-refractivity contribution in [3.8, 4) is 28.5 Å². The second kappa shape index (κ2) is 13.0. The first-order valence-corrected chi connectivity index (χ1v) is 15.8. The topological polar surface area (TPSA) is 86.3 Å². The monoisotopic (exact) mass is 662 g/mol. The number of halogens is 4.